The number of hydrogen-bond donors (Lipinski definition) is 1. The van der Waals surface area contributed by atoms with Gasteiger partial charge in [-0.3, -0.25) is 4.68 Å². The summed E-state index contributed by atoms with van der Waals surface area (Å²) in [5.74, 6) is 0. The number of rotatable bonds is 4. The van der Waals surface area contributed by atoms with Crippen LogP contribution in [-0.4, -0.2) is 35.1 Å². The van der Waals surface area contributed by atoms with Crippen LogP contribution in [0.25, 0.3) is 0 Å². The van der Waals surface area contributed by atoms with E-state index in [1.165, 1.54) is 12.1 Å². The number of hydrogen-bond acceptors (Lipinski definition) is 3. The SMILES string of the molecule is Cn1nccc1CCNC1(C)CCCOC1. The number of aromatic nitrogens is 2. The van der Waals surface area contributed by atoms with Crippen LogP contribution in [0.15, 0.2) is 12.3 Å². The van der Waals surface area contributed by atoms with Gasteiger partial charge >= 0.3 is 0 Å². The summed E-state index contributed by atoms with van der Waals surface area (Å²) < 4.78 is 7.45. The Morgan fingerprint density at radius 3 is 3.12 bits per heavy atom. The normalized spacial score (nSPS) is 25.9. The summed E-state index contributed by atoms with van der Waals surface area (Å²) in [6.45, 7) is 4.98. The van der Waals surface area contributed by atoms with Gasteiger partial charge in [0, 0.05) is 44.0 Å². The van der Waals surface area contributed by atoms with Crippen molar-refractivity contribution < 1.29 is 4.74 Å². The lowest BCUT2D eigenvalue weighted by atomic mass is 9.95. The third-order valence-corrected chi connectivity index (χ3v) is 3.29. The molecule has 0 saturated carbocycles. The quantitative estimate of drug-likeness (QED) is 0.831. The summed E-state index contributed by atoms with van der Waals surface area (Å²) in [4.78, 5) is 0. The molecule has 1 saturated heterocycles. The molecule has 0 amide bonds. The van der Waals surface area contributed by atoms with Crippen LogP contribution in [0.4, 0.5) is 0 Å². The summed E-state index contributed by atoms with van der Waals surface area (Å²) in [7, 11) is 1.99. The Labute approximate surface area is 97.0 Å². The molecule has 0 aliphatic carbocycles. The Morgan fingerprint density at radius 2 is 2.50 bits per heavy atom. The van der Waals surface area contributed by atoms with Crippen LogP contribution >= 0.6 is 0 Å². The van der Waals surface area contributed by atoms with Crippen LogP contribution in [0.5, 0.6) is 0 Å². The zero-order chi connectivity index (χ0) is 11.4. The van der Waals surface area contributed by atoms with Crippen molar-refractivity contribution in [2.75, 3.05) is 19.8 Å². The summed E-state index contributed by atoms with van der Waals surface area (Å²) in [6.07, 6.45) is 5.24. The van der Waals surface area contributed by atoms with Crippen molar-refractivity contribution in [1.82, 2.24) is 15.1 Å². The average Bonchev–Trinajstić information content (AvgIpc) is 2.65. The summed E-state index contributed by atoms with van der Waals surface area (Å²) in [5.41, 5.74) is 1.43. The topological polar surface area (TPSA) is 39.1 Å². The Kier molecular flexibility index (Phi) is 3.61. The highest BCUT2D eigenvalue weighted by Gasteiger charge is 2.26. The molecule has 4 nitrogen and oxygen atoms in total. The first-order chi connectivity index (χ1) is 7.70. The van der Waals surface area contributed by atoms with Crippen LogP contribution in [0.3, 0.4) is 0 Å². The highest BCUT2D eigenvalue weighted by Crippen LogP contribution is 2.17. The van der Waals surface area contributed by atoms with Crippen molar-refractivity contribution in [3.63, 3.8) is 0 Å². The fraction of sp³-hybridized carbons (Fsp3) is 0.750. The molecule has 4 heteroatoms. The largest absolute Gasteiger partial charge is 0.380 e. The molecule has 1 aliphatic rings. The second-order valence-electron chi connectivity index (χ2n) is 4.84. The van der Waals surface area contributed by atoms with Gasteiger partial charge in [0.1, 0.15) is 0 Å². The lowest BCUT2D eigenvalue weighted by molar-refractivity contribution is 0.0289. The van der Waals surface area contributed by atoms with Gasteiger partial charge in [-0.1, -0.05) is 0 Å². The maximum Gasteiger partial charge on any atom is 0.0645 e. The van der Waals surface area contributed by atoms with E-state index in [1.807, 2.05) is 17.9 Å². The molecule has 0 spiro atoms. The Balaban J connectivity index is 1.77. The number of nitrogens with one attached hydrogen (secondary N) is 1. The van der Waals surface area contributed by atoms with Gasteiger partial charge in [0.25, 0.3) is 0 Å². The molecule has 1 aromatic rings. The Hall–Kier alpha value is -0.870. The van der Waals surface area contributed by atoms with E-state index in [1.54, 1.807) is 0 Å². The van der Waals surface area contributed by atoms with E-state index in [4.69, 9.17) is 4.74 Å². The minimum absolute atomic E-state index is 0.164. The van der Waals surface area contributed by atoms with Gasteiger partial charge in [-0.2, -0.15) is 5.10 Å². The lowest BCUT2D eigenvalue weighted by Gasteiger charge is -2.34. The standard InChI is InChI=1S/C12H21N3O/c1-12(6-3-9-16-10-12)13-7-4-11-5-8-14-15(11)2/h5,8,13H,3-4,6-7,9-10H2,1-2H3. The fourth-order valence-electron chi connectivity index (χ4n) is 2.21. The number of ether oxygens (including phenoxy) is 1. The lowest BCUT2D eigenvalue weighted by Crippen LogP contribution is -2.49. The van der Waals surface area contributed by atoms with E-state index in [9.17, 15) is 0 Å². The molecular formula is C12H21N3O. The van der Waals surface area contributed by atoms with Crippen molar-refractivity contribution in [2.45, 2.75) is 31.7 Å². The van der Waals surface area contributed by atoms with Gasteiger partial charge in [0.2, 0.25) is 0 Å². The van der Waals surface area contributed by atoms with Gasteiger partial charge in [-0.25, -0.2) is 0 Å². The third-order valence-electron chi connectivity index (χ3n) is 3.29. The highest BCUT2D eigenvalue weighted by atomic mass is 16.5. The van der Waals surface area contributed by atoms with Gasteiger partial charge in [0.05, 0.1) is 6.61 Å². The summed E-state index contributed by atoms with van der Waals surface area (Å²) >= 11 is 0. The fourth-order valence-corrected chi connectivity index (χ4v) is 2.21. The molecule has 1 fully saturated rings. The predicted molar refractivity (Wildman–Crippen MR) is 63.4 cm³/mol. The molecule has 0 aromatic carbocycles. The molecule has 16 heavy (non-hydrogen) atoms. The van der Waals surface area contributed by atoms with E-state index in [0.29, 0.717) is 0 Å². The average molecular weight is 223 g/mol. The van der Waals surface area contributed by atoms with E-state index in [2.05, 4.69) is 23.4 Å². The highest BCUT2D eigenvalue weighted by molar-refractivity contribution is 5.00. The molecule has 2 rings (SSSR count). The monoisotopic (exact) mass is 223 g/mol. The van der Waals surface area contributed by atoms with Crippen LogP contribution in [-0.2, 0) is 18.2 Å². The van der Waals surface area contributed by atoms with Crippen molar-refractivity contribution in [3.05, 3.63) is 18.0 Å². The van der Waals surface area contributed by atoms with E-state index >= 15 is 0 Å². The van der Waals surface area contributed by atoms with Crippen molar-refractivity contribution in [2.24, 2.45) is 7.05 Å². The Bertz CT molecular complexity index is 329. The Morgan fingerprint density at radius 1 is 1.62 bits per heavy atom. The van der Waals surface area contributed by atoms with Gasteiger partial charge in [0.15, 0.2) is 0 Å². The summed E-state index contributed by atoms with van der Waals surface area (Å²) in [6, 6.07) is 2.07. The van der Waals surface area contributed by atoms with Crippen LogP contribution in [0.2, 0.25) is 0 Å². The van der Waals surface area contributed by atoms with Crippen molar-refractivity contribution in [3.8, 4) is 0 Å². The first-order valence-electron chi connectivity index (χ1n) is 5.99. The first kappa shape index (κ1) is 11.6. The molecule has 0 radical (unpaired) electrons. The minimum Gasteiger partial charge on any atom is -0.380 e. The molecule has 1 unspecified atom stereocenters. The maximum atomic E-state index is 5.52. The van der Waals surface area contributed by atoms with Crippen molar-refractivity contribution in [1.29, 1.82) is 0 Å². The van der Waals surface area contributed by atoms with E-state index in [-0.39, 0.29) is 5.54 Å². The second kappa shape index (κ2) is 4.97. The molecule has 0 bridgehead atoms. The molecular weight excluding hydrogens is 202 g/mol. The molecule has 1 N–H and O–H groups in total. The zero-order valence-corrected chi connectivity index (χ0v) is 10.2. The summed E-state index contributed by atoms with van der Waals surface area (Å²) in [5, 5.41) is 7.76. The first-order valence-corrected chi connectivity index (χ1v) is 5.99. The molecule has 90 valence electrons. The van der Waals surface area contributed by atoms with Gasteiger partial charge in [-0.05, 0) is 25.8 Å². The van der Waals surface area contributed by atoms with Crippen LogP contribution in [0.1, 0.15) is 25.5 Å². The number of nitrogens with zero attached hydrogens (tertiary/aromatic N) is 2. The zero-order valence-electron chi connectivity index (χ0n) is 10.2. The molecule has 1 atom stereocenters. The molecule has 1 aromatic heterocycles. The van der Waals surface area contributed by atoms with E-state index < -0.39 is 0 Å². The molecule has 2 heterocycles. The van der Waals surface area contributed by atoms with Crippen LogP contribution < -0.4 is 5.32 Å². The smallest absolute Gasteiger partial charge is 0.0645 e. The van der Waals surface area contributed by atoms with Gasteiger partial charge in [-0.15, -0.1) is 0 Å². The minimum atomic E-state index is 0.164. The van der Waals surface area contributed by atoms with Crippen LogP contribution in [0, 0.1) is 0 Å². The number of aryl methyl sites for hydroxylation is 1. The molecule has 1 aliphatic heterocycles. The van der Waals surface area contributed by atoms with Crippen molar-refractivity contribution >= 4 is 0 Å². The van der Waals surface area contributed by atoms with E-state index in [0.717, 1.165) is 32.6 Å². The maximum absolute atomic E-state index is 5.52. The predicted octanol–water partition coefficient (Wildman–Crippen LogP) is 1.12. The second-order valence-corrected chi connectivity index (χ2v) is 4.84. The third kappa shape index (κ3) is 2.83. The van der Waals surface area contributed by atoms with Gasteiger partial charge < -0.3 is 10.1 Å².